The van der Waals surface area contributed by atoms with Crippen LogP contribution < -0.4 is 14.4 Å². The van der Waals surface area contributed by atoms with Crippen LogP contribution >= 0.6 is 0 Å². The number of hydrogen-bond donors (Lipinski definition) is 1. The van der Waals surface area contributed by atoms with Gasteiger partial charge in [0.15, 0.2) is 0 Å². The summed E-state index contributed by atoms with van der Waals surface area (Å²) in [5.74, 6) is -0.120. The van der Waals surface area contributed by atoms with Crippen LogP contribution in [-0.2, 0) is 15.0 Å². The minimum Gasteiger partial charge on any atom is -0.507 e. The molecule has 4 rings (SSSR count). The average Bonchev–Trinajstić information content (AvgIpc) is 3.45. The third-order valence-corrected chi connectivity index (χ3v) is 5.96. The highest BCUT2D eigenvalue weighted by Gasteiger charge is 2.48. The van der Waals surface area contributed by atoms with Crippen LogP contribution in [0, 0.1) is 0 Å². The minimum absolute atomic E-state index is 0.0381. The van der Waals surface area contributed by atoms with Gasteiger partial charge in [0.1, 0.15) is 29.1 Å². The Hall–Kier alpha value is -4.00. The van der Waals surface area contributed by atoms with E-state index >= 15 is 0 Å². The first-order chi connectivity index (χ1) is 16.7. The molecule has 1 fully saturated rings. The second-order valence-corrected chi connectivity index (χ2v) is 9.28. The number of carbonyl (C=O) groups excluding carboxylic acids is 2. The predicted molar refractivity (Wildman–Crippen MR) is 133 cm³/mol. The van der Waals surface area contributed by atoms with Crippen molar-refractivity contribution in [2.75, 3.05) is 18.6 Å². The predicted octanol–water partition coefficient (Wildman–Crippen LogP) is 5.61. The Kier molecular flexibility index (Phi) is 6.43. The number of benzene rings is 2. The summed E-state index contributed by atoms with van der Waals surface area (Å²) >= 11 is 0. The fourth-order valence-corrected chi connectivity index (χ4v) is 4.28. The van der Waals surface area contributed by atoms with Crippen molar-refractivity contribution in [3.63, 3.8) is 0 Å². The Morgan fingerprint density at radius 3 is 2.37 bits per heavy atom. The number of rotatable bonds is 6. The van der Waals surface area contributed by atoms with Crippen molar-refractivity contribution in [3.8, 4) is 11.5 Å². The lowest BCUT2D eigenvalue weighted by Gasteiger charge is -2.24. The lowest BCUT2D eigenvalue weighted by molar-refractivity contribution is -0.132. The smallest absolute Gasteiger partial charge is 0.300 e. The Bertz CT molecular complexity index is 1270. The van der Waals surface area contributed by atoms with E-state index < -0.39 is 17.7 Å². The molecule has 1 aliphatic heterocycles. The summed E-state index contributed by atoms with van der Waals surface area (Å²) in [5.41, 5.74) is 1.44. The van der Waals surface area contributed by atoms with Crippen molar-refractivity contribution in [2.24, 2.45) is 0 Å². The van der Waals surface area contributed by atoms with Gasteiger partial charge in [-0.1, -0.05) is 20.8 Å². The van der Waals surface area contributed by atoms with E-state index in [1.54, 1.807) is 61.7 Å². The Balaban J connectivity index is 1.88. The molecule has 1 unspecified atom stereocenters. The van der Waals surface area contributed by atoms with Crippen molar-refractivity contribution in [3.05, 3.63) is 83.3 Å². The van der Waals surface area contributed by atoms with Crippen molar-refractivity contribution >= 4 is 23.1 Å². The zero-order chi connectivity index (χ0) is 25.3. The van der Waals surface area contributed by atoms with E-state index in [2.05, 4.69) is 0 Å². The first-order valence-electron chi connectivity index (χ1n) is 11.4. The van der Waals surface area contributed by atoms with Crippen LogP contribution in [0.5, 0.6) is 11.5 Å². The molecular weight excluding hydrogens is 446 g/mol. The molecular formula is C28H29NO6. The molecule has 2 heterocycles. The molecule has 182 valence electrons. The highest BCUT2D eigenvalue weighted by atomic mass is 16.5. The fourth-order valence-electron chi connectivity index (χ4n) is 4.28. The molecule has 3 aromatic rings. The molecule has 0 saturated carbocycles. The van der Waals surface area contributed by atoms with Gasteiger partial charge in [-0.05, 0) is 66.9 Å². The van der Waals surface area contributed by atoms with Crippen molar-refractivity contribution in [2.45, 2.75) is 39.2 Å². The van der Waals surface area contributed by atoms with Gasteiger partial charge >= 0.3 is 0 Å². The summed E-state index contributed by atoms with van der Waals surface area (Å²) in [6.45, 7) is 8.48. The van der Waals surface area contributed by atoms with E-state index in [9.17, 15) is 14.7 Å². The number of hydrogen-bond acceptors (Lipinski definition) is 6. The number of methoxy groups -OCH3 is 1. The molecule has 35 heavy (non-hydrogen) atoms. The quantitative estimate of drug-likeness (QED) is 0.283. The normalized spacial score (nSPS) is 17.6. The molecule has 0 bridgehead atoms. The molecule has 1 aromatic heterocycles. The van der Waals surface area contributed by atoms with Gasteiger partial charge in [0.2, 0.25) is 0 Å². The molecule has 1 amide bonds. The van der Waals surface area contributed by atoms with E-state index in [0.717, 1.165) is 5.56 Å². The summed E-state index contributed by atoms with van der Waals surface area (Å²) < 4.78 is 16.6. The van der Waals surface area contributed by atoms with E-state index in [1.807, 2.05) is 27.7 Å². The van der Waals surface area contributed by atoms with Gasteiger partial charge < -0.3 is 19.0 Å². The maximum Gasteiger partial charge on any atom is 0.300 e. The van der Waals surface area contributed by atoms with Gasteiger partial charge in [0, 0.05) is 16.8 Å². The maximum absolute atomic E-state index is 13.3. The van der Waals surface area contributed by atoms with Crippen LogP contribution in [-0.4, -0.2) is 30.5 Å². The third-order valence-electron chi connectivity index (χ3n) is 5.96. The second kappa shape index (κ2) is 9.33. The molecule has 1 aliphatic rings. The van der Waals surface area contributed by atoms with Crippen LogP contribution in [0.1, 0.15) is 50.6 Å². The van der Waals surface area contributed by atoms with Crippen molar-refractivity contribution in [1.29, 1.82) is 0 Å². The Morgan fingerprint density at radius 2 is 1.80 bits per heavy atom. The molecule has 7 heteroatoms. The summed E-state index contributed by atoms with van der Waals surface area (Å²) in [4.78, 5) is 27.9. The SMILES string of the molecule is CCOc1ccc(N2C(=O)C(=O)/C(=C(\O)c3ccc(OC)c(C(C)(C)C)c3)C2c2ccco2)cc1. The average molecular weight is 476 g/mol. The zero-order valence-corrected chi connectivity index (χ0v) is 20.5. The molecule has 0 radical (unpaired) electrons. The molecule has 0 spiro atoms. The van der Waals surface area contributed by atoms with Crippen LogP contribution in [0.15, 0.2) is 70.9 Å². The number of anilines is 1. The number of nitrogens with zero attached hydrogens (tertiary/aromatic N) is 1. The highest BCUT2D eigenvalue weighted by Crippen LogP contribution is 2.43. The van der Waals surface area contributed by atoms with Crippen LogP contribution in [0.25, 0.3) is 5.76 Å². The van der Waals surface area contributed by atoms with Crippen molar-refractivity contribution < 1.29 is 28.6 Å². The molecule has 0 aliphatic carbocycles. The Morgan fingerprint density at radius 1 is 1.09 bits per heavy atom. The molecule has 1 saturated heterocycles. The molecule has 1 N–H and O–H groups in total. The summed E-state index contributed by atoms with van der Waals surface area (Å²) in [5, 5.41) is 11.4. The number of aliphatic hydroxyl groups excluding tert-OH is 1. The minimum atomic E-state index is -0.928. The number of furan rings is 1. The van der Waals surface area contributed by atoms with Gasteiger partial charge in [-0.3, -0.25) is 14.5 Å². The molecule has 1 atom stereocenters. The van der Waals surface area contributed by atoms with Crippen LogP contribution in [0.2, 0.25) is 0 Å². The standard InChI is InChI=1S/C28H29NO6/c1-6-34-19-12-10-18(11-13-19)29-24(22-8-7-15-35-22)23(26(31)27(29)32)25(30)17-9-14-21(33-5)20(16-17)28(2,3)4/h7-16,24,30H,6H2,1-5H3/b25-23-. The van der Waals surface area contributed by atoms with Crippen molar-refractivity contribution in [1.82, 2.24) is 0 Å². The first-order valence-corrected chi connectivity index (χ1v) is 11.4. The number of ketones is 1. The monoisotopic (exact) mass is 475 g/mol. The maximum atomic E-state index is 13.3. The van der Waals surface area contributed by atoms with Gasteiger partial charge in [-0.15, -0.1) is 0 Å². The van der Waals surface area contributed by atoms with Crippen LogP contribution in [0.3, 0.4) is 0 Å². The zero-order valence-electron chi connectivity index (χ0n) is 20.5. The van der Waals surface area contributed by atoms with E-state index in [-0.39, 0.29) is 16.7 Å². The molecule has 7 nitrogen and oxygen atoms in total. The summed E-state index contributed by atoms with van der Waals surface area (Å²) in [6.07, 6.45) is 1.47. The number of ether oxygens (including phenoxy) is 2. The third kappa shape index (κ3) is 4.41. The number of aliphatic hydroxyl groups is 1. The highest BCUT2D eigenvalue weighted by molar-refractivity contribution is 6.51. The topological polar surface area (TPSA) is 89.2 Å². The number of carbonyl (C=O) groups is 2. The Labute approximate surface area is 204 Å². The lowest BCUT2D eigenvalue weighted by Crippen LogP contribution is -2.29. The molecule has 2 aromatic carbocycles. The second-order valence-electron chi connectivity index (χ2n) is 9.28. The van der Waals surface area contributed by atoms with E-state index in [4.69, 9.17) is 13.9 Å². The summed E-state index contributed by atoms with van der Waals surface area (Å²) in [6, 6.07) is 14.5. The first kappa shape index (κ1) is 24.1. The van der Waals surface area contributed by atoms with E-state index in [0.29, 0.717) is 35.1 Å². The number of amides is 1. The van der Waals surface area contributed by atoms with Gasteiger partial charge in [0.25, 0.3) is 11.7 Å². The van der Waals surface area contributed by atoms with Gasteiger partial charge in [0.05, 0.1) is 25.6 Å². The van der Waals surface area contributed by atoms with E-state index in [1.165, 1.54) is 11.2 Å². The summed E-state index contributed by atoms with van der Waals surface area (Å²) in [7, 11) is 1.59. The number of Topliss-reactive ketones (excluding diaryl/α,β-unsaturated/α-hetero) is 1. The lowest BCUT2D eigenvalue weighted by atomic mass is 9.84. The largest absolute Gasteiger partial charge is 0.507 e. The van der Waals surface area contributed by atoms with Crippen LogP contribution in [0.4, 0.5) is 5.69 Å². The fraction of sp³-hybridized carbons (Fsp3) is 0.286. The van der Waals surface area contributed by atoms with Gasteiger partial charge in [-0.25, -0.2) is 0 Å². The van der Waals surface area contributed by atoms with Gasteiger partial charge in [-0.2, -0.15) is 0 Å².